The monoisotopic (exact) mass is 535 g/mol. The van der Waals surface area contributed by atoms with Gasteiger partial charge in [0.05, 0.1) is 17.5 Å². The van der Waals surface area contributed by atoms with Gasteiger partial charge in [0, 0.05) is 44.0 Å². The van der Waals surface area contributed by atoms with Gasteiger partial charge in [0.2, 0.25) is 6.41 Å². The summed E-state index contributed by atoms with van der Waals surface area (Å²) in [5.41, 5.74) is 0.741. The lowest BCUT2D eigenvalue weighted by atomic mass is 10.1. The van der Waals surface area contributed by atoms with Gasteiger partial charge in [0.25, 0.3) is 17.4 Å². The quantitative estimate of drug-likeness (QED) is 0.400. The zero-order valence-electron chi connectivity index (χ0n) is 22.1. The first-order valence-corrected chi connectivity index (χ1v) is 12.4. The number of hydrogen-bond donors (Lipinski definition) is 3. The third-order valence-corrected chi connectivity index (χ3v) is 6.79. The Balaban J connectivity index is 1.88. The molecular formula is C28H30FN5O5. The summed E-state index contributed by atoms with van der Waals surface area (Å²) in [4.78, 5) is 54.8. The second-order valence-electron chi connectivity index (χ2n) is 9.47. The van der Waals surface area contributed by atoms with E-state index in [1.54, 1.807) is 31.2 Å². The summed E-state index contributed by atoms with van der Waals surface area (Å²) < 4.78 is 15.9. The van der Waals surface area contributed by atoms with E-state index in [0.717, 1.165) is 4.90 Å². The number of benzene rings is 2. The minimum Gasteiger partial charge on any atom is -0.391 e. The fourth-order valence-electron chi connectivity index (χ4n) is 4.70. The van der Waals surface area contributed by atoms with Gasteiger partial charge in [-0.2, -0.15) is 0 Å². The van der Waals surface area contributed by atoms with E-state index < -0.39 is 23.4 Å². The van der Waals surface area contributed by atoms with Crippen LogP contribution >= 0.6 is 0 Å². The van der Waals surface area contributed by atoms with E-state index in [9.17, 15) is 28.7 Å². The van der Waals surface area contributed by atoms with Crippen molar-refractivity contribution in [2.24, 2.45) is 7.05 Å². The van der Waals surface area contributed by atoms with E-state index in [2.05, 4.69) is 10.6 Å². The molecule has 1 aliphatic rings. The van der Waals surface area contributed by atoms with Crippen LogP contribution in [0.2, 0.25) is 0 Å². The van der Waals surface area contributed by atoms with E-state index in [1.807, 2.05) is 0 Å². The van der Waals surface area contributed by atoms with Gasteiger partial charge in [-0.05, 0) is 56.2 Å². The average Bonchev–Trinajstić information content (AvgIpc) is 3.37. The molecule has 4 rings (SSSR count). The molecule has 0 bridgehead atoms. The first kappa shape index (κ1) is 27.5. The highest BCUT2D eigenvalue weighted by atomic mass is 19.1. The molecule has 3 N–H and O–H groups in total. The molecule has 2 aromatic carbocycles. The zero-order valence-corrected chi connectivity index (χ0v) is 22.1. The molecule has 1 fully saturated rings. The molecular weight excluding hydrogens is 505 g/mol. The number of nitrogens with zero attached hydrogens (tertiary/aromatic N) is 3. The molecule has 39 heavy (non-hydrogen) atoms. The Morgan fingerprint density at radius 1 is 1.18 bits per heavy atom. The molecule has 11 heteroatoms. The summed E-state index contributed by atoms with van der Waals surface area (Å²) in [6, 6.07) is 10.7. The third kappa shape index (κ3) is 5.26. The summed E-state index contributed by atoms with van der Waals surface area (Å²) in [5, 5.41) is 15.2. The number of anilines is 4. The summed E-state index contributed by atoms with van der Waals surface area (Å²) in [5.74, 6) is -1.54. The van der Waals surface area contributed by atoms with Gasteiger partial charge >= 0.3 is 0 Å². The predicted molar refractivity (Wildman–Crippen MR) is 145 cm³/mol. The number of hydrogen-bond acceptors (Lipinski definition) is 6. The molecule has 0 aliphatic carbocycles. The van der Waals surface area contributed by atoms with Crippen molar-refractivity contribution in [2.75, 3.05) is 30.4 Å². The van der Waals surface area contributed by atoms with E-state index in [-0.39, 0.29) is 52.0 Å². The fourth-order valence-corrected chi connectivity index (χ4v) is 4.70. The zero-order chi connectivity index (χ0) is 28.4. The highest BCUT2D eigenvalue weighted by molar-refractivity contribution is 6.09. The van der Waals surface area contributed by atoms with Crippen LogP contribution in [0.3, 0.4) is 0 Å². The number of likely N-dealkylation sites (tertiary alicyclic amines) is 1. The Labute approximate surface area is 224 Å². The van der Waals surface area contributed by atoms with Crippen LogP contribution in [-0.2, 0) is 11.8 Å². The van der Waals surface area contributed by atoms with E-state index in [1.165, 1.54) is 48.7 Å². The number of carbonyl (C=O) groups is 3. The Kier molecular flexibility index (Phi) is 7.82. The molecule has 1 saturated heterocycles. The normalized spacial score (nSPS) is 14.7. The van der Waals surface area contributed by atoms with Crippen LogP contribution in [-0.4, -0.2) is 59.0 Å². The maximum absolute atomic E-state index is 14.8. The molecule has 3 aromatic rings. The van der Waals surface area contributed by atoms with Crippen LogP contribution < -0.4 is 21.1 Å². The summed E-state index contributed by atoms with van der Waals surface area (Å²) >= 11 is 0. The molecule has 1 atom stereocenters. The second kappa shape index (κ2) is 11.1. The van der Waals surface area contributed by atoms with E-state index >= 15 is 0 Å². The van der Waals surface area contributed by atoms with Gasteiger partial charge in [0.1, 0.15) is 17.2 Å². The largest absolute Gasteiger partial charge is 0.391 e. The van der Waals surface area contributed by atoms with Crippen molar-refractivity contribution in [3.8, 4) is 0 Å². The van der Waals surface area contributed by atoms with Gasteiger partial charge < -0.3 is 20.6 Å². The number of amides is 3. The van der Waals surface area contributed by atoms with Crippen LogP contribution in [0.1, 0.15) is 38.3 Å². The second-order valence-corrected chi connectivity index (χ2v) is 9.47. The average molecular weight is 536 g/mol. The standard InChI is InChI=1S/C28H30FN5O5/c1-16-8-9-22(21(29)12-16)31-25-23(26(37)30-3)24(17(2)27(38)32(25)4)34(15-35)19-7-5-6-18(13-19)28(39)33-11-10-20(36)14-33/h5-9,12-13,15,20,31,36H,10-11,14H2,1-4H3,(H,30,37). The maximum atomic E-state index is 14.8. The predicted octanol–water partition coefficient (Wildman–Crippen LogP) is 2.75. The Hall–Kier alpha value is -4.51. The van der Waals surface area contributed by atoms with Gasteiger partial charge in [-0.25, -0.2) is 4.39 Å². The van der Waals surface area contributed by atoms with E-state index in [0.29, 0.717) is 24.9 Å². The number of halogens is 1. The number of pyridine rings is 1. The summed E-state index contributed by atoms with van der Waals surface area (Å²) in [7, 11) is 2.84. The third-order valence-electron chi connectivity index (χ3n) is 6.79. The van der Waals surface area contributed by atoms with Crippen LogP contribution in [0.25, 0.3) is 0 Å². The molecule has 0 radical (unpaired) electrons. The first-order valence-electron chi connectivity index (χ1n) is 12.4. The Morgan fingerprint density at radius 3 is 2.54 bits per heavy atom. The lowest BCUT2D eigenvalue weighted by molar-refractivity contribution is -0.106. The molecule has 1 unspecified atom stereocenters. The van der Waals surface area contributed by atoms with Crippen molar-refractivity contribution in [1.82, 2.24) is 14.8 Å². The Morgan fingerprint density at radius 2 is 1.92 bits per heavy atom. The molecule has 1 aromatic heterocycles. The lowest BCUT2D eigenvalue weighted by Gasteiger charge is -2.26. The van der Waals surface area contributed by atoms with Crippen molar-refractivity contribution in [1.29, 1.82) is 0 Å². The highest BCUT2D eigenvalue weighted by Crippen LogP contribution is 2.35. The van der Waals surface area contributed by atoms with Crippen LogP contribution in [0, 0.1) is 19.7 Å². The van der Waals surface area contributed by atoms with Gasteiger partial charge in [0.15, 0.2) is 0 Å². The van der Waals surface area contributed by atoms with Crippen molar-refractivity contribution in [2.45, 2.75) is 26.4 Å². The van der Waals surface area contributed by atoms with Gasteiger partial charge in [-0.1, -0.05) is 12.1 Å². The molecule has 10 nitrogen and oxygen atoms in total. The Bertz CT molecular complexity index is 1520. The number of nitrogens with one attached hydrogen (secondary N) is 2. The smallest absolute Gasteiger partial charge is 0.256 e. The number of carbonyl (C=O) groups excluding carboxylic acids is 3. The number of aliphatic hydroxyl groups excluding tert-OH is 1. The van der Waals surface area contributed by atoms with Crippen molar-refractivity contribution in [3.05, 3.63) is 80.9 Å². The highest BCUT2D eigenvalue weighted by Gasteiger charge is 2.29. The summed E-state index contributed by atoms with van der Waals surface area (Å²) in [6.45, 7) is 3.83. The van der Waals surface area contributed by atoms with Crippen molar-refractivity contribution in [3.63, 3.8) is 0 Å². The minimum atomic E-state index is -0.621. The molecule has 0 saturated carbocycles. The number of aryl methyl sites for hydroxylation is 1. The molecule has 2 heterocycles. The molecule has 0 spiro atoms. The van der Waals surface area contributed by atoms with Crippen molar-refractivity contribution >= 4 is 41.1 Å². The van der Waals surface area contributed by atoms with E-state index in [4.69, 9.17) is 0 Å². The molecule has 204 valence electrons. The first-order chi connectivity index (χ1) is 18.6. The number of aliphatic hydroxyl groups is 1. The lowest BCUT2D eigenvalue weighted by Crippen LogP contribution is -2.33. The number of aromatic nitrogens is 1. The number of rotatable bonds is 7. The van der Waals surface area contributed by atoms with Gasteiger partial charge in [-0.15, -0.1) is 0 Å². The number of β-amino-alcohol motifs (C(OH)–C–C–N with tert-alkyl or cyclic N) is 1. The molecule has 1 aliphatic heterocycles. The van der Waals surface area contributed by atoms with Crippen LogP contribution in [0.4, 0.5) is 27.3 Å². The SMILES string of the molecule is CNC(=O)c1c(N(C=O)c2cccc(C(=O)N3CCC(O)C3)c2)c(C)c(=O)n(C)c1Nc1ccc(C)cc1F. The molecule has 3 amide bonds. The van der Waals surface area contributed by atoms with Crippen LogP contribution in [0.5, 0.6) is 0 Å². The fraction of sp³-hybridized carbons (Fsp3) is 0.286. The summed E-state index contributed by atoms with van der Waals surface area (Å²) in [6.07, 6.45) is 0.338. The van der Waals surface area contributed by atoms with Crippen molar-refractivity contribution < 1.29 is 23.9 Å². The topological polar surface area (TPSA) is 124 Å². The minimum absolute atomic E-state index is 0.0105. The van der Waals surface area contributed by atoms with Crippen LogP contribution in [0.15, 0.2) is 47.3 Å². The maximum Gasteiger partial charge on any atom is 0.256 e. The van der Waals surface area contributed by atoms with Gasteiger partial charge in [-0.3, -0.25) is 28.6 Å².